The Morgan fingerprint density at radius 3 is 2.74 bits per heavy atom. The van der Waals surface area contributed by atoms with Gasteiger partial charge in [0.25, 0.3) is 0 Å². The Hall–Kier alpha value is -1.79. The van der Waals surface area contributed by atoms with E-state index in [0.29, 0.717) is 18.4 Å². The maximum absolute atomic E-state index is 13.0. The Labute approximate surface area is 165 Å². The van der Waals surface area contributed by atoms with E-state index in [-0.39, 0.29) is 5.91 Å². The highest BCUT2D eigenvalue weighted by atomic mass is 32.2. The van der Waals surface area contributed by atoms with Crippen molar-refractivity contribution < 1.29 is 4.79 Å². The molecule has 1 N–H and O–H groups in total. The summed E-state index contributed by atoms with van der Waals surface area (Å²) in [5.41, 5.74) is 3.39. The summed E-state index contributed by atoms with van der Waals surface area (Å²) in [4.78, 5) is 26.5. The van der Waals surface area contributed by atoms with Crippen LogP contribution in [0.2, 0.25) is 0 Å². The summed E-state index contributed by atoms with van der Waals surface area (Å²) in [6.45, 7) is 5.88. The van der Waals surface area contributed by atoms with E-state index >= 15 is 0 Å². The van der Waals surface area contributed by atoms with Crippen molar-refractivity contribution in [2.45, 2.75) is 43.7 Å². The third kappa shape index (κ3) is 4.22. The maximum atomic E-state index is 13.0. The summed E-state index contributed by atoms with van der Waals surface area (Å²) in [7, 11) is 0. The highest BCUT2D eigenvalue weighted by Gasteiger charge is 2.37. The van der Waals surface area contributed by atoms with Crippen molar-refractivity contribution in [3.8, 4) is 0 Å². The monoisotopic (exact) mass is 384 g/mol. The highest BCUT2D eigenvalue weighted by molar-refractivity contribution is 7.98. The van der Waals surface area contributed by atoms with E-state index in [9.17, 15) is 4.79 Å². The van der Waals surface area contributed by atoms with E-state index in [2.05, 4.69) is 57.2 Å². The summed E-state index contributed by atoms with van der Waals surface area (Å²) < 4.78 is 0. The Balaban J connectivity index is 1.42. The standard InChI is InChI=1S/C21H28N4OS/c1-15-20(23-14-22-15)13-24-10-17-3-6-18(12-24)25(11-17)21(26)9-16-4-7-19(27-2)8-5-16/h4-5,7-8,14,17-18H,3,6,9-13H2,1-2H3,(H,22,23)/t17-,18+/m1/s1. The number of piperidine rings is 1. The molecule has 2 aromatic rings. The molecular weight excluding hydrogens is 356 g/mol. The van der Waals surface area contributed by atoms with Crippen LogP contribution in [0.1, 0.15) is 29.8 Å². The van der Waals surface area contributed by atoms with E-state index in [4.69, 9.17) is 0 Å². The number of aryl methyl sites for hydroxylation is 1. The number of rotatable bonds is 5. The third-order valence-electron chi connectivity index (χ3n) is 5.93. The van der Waals surface area contributed by atoms with Crippen molar-refractivity contribution in [1.82, 2.24) is 19.8 Å². The largest absolute Gasteiger partial charge is 0.348 e. The summed E-state index contributed by atoms with van der Waals surface area (Å²) in [6.07, 6.45) is 6.71. The van der Waals surface area contributed by atoms with Crippen LogP contribution in [0.15, 0.2) is 35.5 Å². The first-order chi connectivity index (χ1) is 13.1. The second-order valence-electron chi connectivity index (χ2n) is 7.84. The van der Waals surface area contributed by atoms with Gasteiger partial charge in [0, 0.05) is 42.8 Å². The van der Waals surface area contributed by atoms with E-state index in [1.807, 2.05) is 0 Å². The van der Waals surface area contributed by atoms with Crippen LogP contribution in [0, 0.1) is 12.8 Å². The van der Waals surface area contributed by atoms with E-state index in [1.165, 1.54) is 11.3 Å². The van der Waals surface area contributed by atoms with Crippen molar-refractivity contribution in [3.05, 3.63) is 47.5 Å². The SMILES string of the molecule is CSc1ccc(CC(=O)N2C[C@@H]3CC[C@H]2CN(Cc2nc[nH]c2C)C3)cc1. The molecule has 2 bridgehead atoms. The Kier molecular flexibility index (Phi) is 5.55. The molecule has 1 aromatic carbocycles. The second kappa shape index (κ2) is 8.07. The molecule has 1 aromatic heterocycles. The van der Waals surface area contributed by atoms with Gasteiger partial charge < -0.3 is 9.88 Å². The van der Waals surface area contributed by atoms with Crippen LogP contribution in [0.4, 0.5) is 0 Å². The molecule has 0 aliphatic carbocycles. The number of imidazole rings is 1. The minimum Gasteiger partial charge on any atom is -0.348 e. The number of nitrogens with zero attached hydrogens (tertiary/aromatic N) is 3. The zero-order valence-electron chi connectivity index (χ0n) is 16.1. The molecule has 5 rings (SSSR count). The molecule has 0 spiro atoms. The Morgan fingerprint density at radius 2 is 2.04 bits per heavy atom. The lowest BCUT2D eigenvalue weighted by atomic mass is 9.94. The third-order valence-corrected chi connectivity index (χ3v) is 6.68. The molecule has 0 unspecified atom stereocenters. The van der Waals surface area contributed by atoms with Crippen molar-refractivity contribution in [2.75, 3.05) is 25.9 Å². The first kappa shape index (κ1) is 18.6. The molecule has 144 valence electrons. The van der Waals surface area contributed by atoms with Crippen LogP contribution in [0.25, 0.3) is 0 Å². The number of fused-ring (bicyclic) bond motifs is 4. The number of hydrogen-bond acceptors (Lipinski definition) is 4. The number of nitrogens with one attached hydrogen (secondary N) is 1. The van der Waals surface area contributed by atoms with Crippen LogP contribution in [0.3, 0.4) is 0 Å². The predicted molar refractivity (Wildman–Crippen MR) is 109 cm³/mol. The number of aromatic amines is 1. The molecule has 6 heteroatoms. The maximum Gasteiger partial charge on any atom is 0.227 e. The van der Waals surface area contributed by atoms with Gasteiger partial charge in [-0.2, -0.15) is 0 Å². The fraction of sp³-hybridized carbons (Fsp3) is 0.524. The van der Waals surface area contributed by atoms with Crippen LogP contribution in [0.5, 0.6) is 0 Å². The van der Waals surface area contributed by atoms with Gasteiger partial charge in [0.15, 0.2) is 0 Å². The number of H-pyrrole nitrogens is 1. The molecule has 5 nitrogen and oxygen atoms in total. The molecular formula is C21H28N4OS. The van der Waals surface area contributed by atoms with Gasteiger partial charge in [-0.15, -0.1) is 11.8 Å². The molecule has 1 amide bonds. The number of thioether (sulfide) groups is 1. The average Bonchev–Trinajstić information content (AvgIpc) is 2.89. The molecule has 0 saturated carbocycles. The second-order valence-corrected chi connectivity index (χ2v) is 8.72. The molecule has 3 aliphatic heterocycles. The average molecular weight is 385 g/mol. The minimum absolute atomic E-state index is 0.277. The molecule has 27 heavy (non-hydrogen) atoms. The zero-order chi connectivity index (χ0) is 18.8. The van der Waals surface area contributed by atoms with E-state index in [1.54, 1.807) is 18.1 Å². The number of amides is 1. The molecule has 3 fully saturated rings. The number of benzene rings is 1. The normalized spacial score (nSPS) is 22.8. The van der Waals surface area contributed by atoms with Gasteiger partial charge in [-0.1, -0.05) is 12.1 Å². The summed E-state index contributed by atoms with van der Waals surface area (Å²) >= 11 is 1.73. The van der Waals surface area contributed by atoms with Gasteiger partial charge in [-0.3, -0.25) is 9.69 Å². The van der Waals surface area contributed by atoms with Gasteiger partial charge in [0.2, 0.25) is 5.91 Å². The molecule has 4 heterocycles. The topological polar surface area (TPSA) is 52.2 Å². The van der Waals surface area contributed by atoms with Crippen molar-refractivity contribution in [3.63, 3.8) is 0 Å². The fourth-order valence-corrected chi connectivity index (χ4v) is 4.80. The highest BCUT2D eigenvalue weighted by Crippen LogP contribution is 2.29. The van der Waals surface area contributed by atoms with Crippen LogP contribution in [-0.4, -0.2) is 57.6 Å². The van der Waals surface area contributed by atoms with Gasteiger partial charge in [-0.05, 0) is 49.6 Å². The van der Waals surface area contributed by atoms with Gasteiger partial charge in [-0.25, -0.2) is 4.98 Å². The summed E-state index contributed by atoms with van der Waals surface area (Å²) in [6, 6.07) is 8.73. The quantitative estimate of drug-likeness (QED) is 0.805. The lowest BCUT2D eigenvalue weighted by Crippen LogP contribution is -2.48. The predicted octanol–water partition coefficient (Wildman–Crippen LogP) is 3.11. The van der Waals surface area contributed by atoms with Crippen molar-refractivity contribution in [1.29, 1.82) is 0 Å². The Bertz CT molecular complexity index is 788. The van der Waals surface area contributed by atoms with Gasteiger partial charge in [0.1, 0.15) is 0 Å². The molecule has 2 atom stereocenters. The zero-order valence-corrected chi connectivity index (χ0v) is 17.0. The Morgan fingerprint density at radius 1 is 1.22 bits per heavy atom. The molecule has 3 aliphatic rings. The number of carbonyl (C=O) groups is 1. The number of carbonyl (C=O) groups excluding carboxylic acids is 1. The lowest BCUT2D eigenvalue weighted by Gasteiger charge is -2.36. The van der Waals surface area contributed by atoms with Crippen molar-refractivity contribution >= 4 is 17.7 Å². The van der Waals surface area contributed by atoms with Crippen molar-refractivity contribution in [2.24, 2.45) is 5.92 Å². The fourth-order valence-electron chi connectivity index (χ4n) is 4.39. The van der Waals surface area contributed by atoms with Gasteiger partial charge in [0.05, 0.1) is 18.4 Å². The number of aromatic nitrogens is 2. The van der Waals surface area contributed by atoms with E-state index in [0.717, 1.165) is 49.6 Å². The first-order valence-corrected chi connectivity index (χ1v) is 11.0. The van der Waals surface area contributed by atoms with Crippen LogP contribution < -0.4 is 0 Å². The van der Waals surface area contributed by atoms with E-state index < -0.39 is 0 Å². The summed E-state index contributed by atoms with van der Waals surface area (Å²) in [5.74, 6) is 0.852. The van der Waals surface area contributed by atoms with Crippen LogP contribution >= 0.6 is 11.8 Å². The number of hydrogen-bond donors (Lipinski definition) is 1. The molecule has 0 radical (unpaired) electrons. The smallest absolute Gasteiger partial charge is 0.227 e. The van der Waals surface area contributed by atoms with Crippen LogP contribution in [-0.2, 0) is 17.8 Å². The summed E-state index contributed by atoms with van der Waals surface area (Å²) in [5, 5.41) is 0. The minimum atomic E-state index is 0.277. The lowest BCUT2D eigenvalue weighted by molar-refractivity contribution is -0.134. The molecule has 3 saturated heterocycles. The first-order valence-electron chi connectivity index (χ1n) is 9.76. The van der Waals surface area contributed by atoms with Gasteiger partial charge >= 0.3 is 0 Å².